The summed E-state index contributed by atoms with van der Waals surface area (Å²) < 4.78 is 1.81. The number of pyridine rings is 1. The van der Waals surface area contributed by atoms with E-state index in [1.165, 1.54) is 12.0 Å². The summed E-state index contributed by atoms with van der Waals surface area (Å²) >= 11 is 0. The number of rotatable bonds is 6. The molecule has 2 heterocycles. The van der Waals surface area contributed by atoms with E-state index in [0.717, 1.165) is 36.2 Å². The van der Waals surface area contributed by atoms with E-state index >= 15 is 0 Å². The van der Waals surface area contributed by atoms with Gasteiger partial charge in [0.15, 0.2) is 5.65 Å². The number of nitrogens with zero attached hydrogens (tertiary/aromatic N) is 3. The van der Waals surface area contributed by atoms with Crippen LogP contribution in [-0.2, 0) is 11.2 Å². The van der Waals surface area contributed by atoms with Gasteiger partial charge in [0.1, 0.15) is 0 Å². The van der Waals surface area contributed by atoms with E-state index in [1.807, 2.05) is 22.7 Å². The Morgan fingerprint density at radius 1 is 1.23 bits per heavy atom. The molecule has 4 rings (SSSR count). The van der Waals surface area contributed by atoms with Gasteiger partial charge < -0.3 is 0 Å². The quantitative estimate of drug-likeness (QED) is 0.721. The number of carbonyl (C=O) groups excluding carboxylic acids is 1. The highest BCUT2D eigenvalue weighted by molar-refractivity contribution is 5.92. The number of amides is 1. The zero-order chi connectivity index (χ0) is 18.1. The van der Waals surface area contributed by atoms with Crippen molar-refractivity contribution in [2.45, 2.75) is 39.5 Å². The summed E-state index contributed by atoms with van der Waals surface area (Å²) in [6, 6.07) is 14.5. The third-order valence-electron chi connectivity index (χ3n) is 4.78. The molecule has 0 unspecified atom stereocenters. The van der Waals surface area contributed by atoms with E-state index in [2.05, 4.69) is 53.5 Å². The highest BCUT2D eigenvalue weighted by Gasteiger charge is 2.30. The topological polar surface area (TPSA) is 59.3 Å². The van der Waals surface area contributed by atoms with Crippen LogP contribution in [0.5, 0.6) is 0 Å². The molecule has 1 amide bonds. The number of benzene rings is 1. The van der Waals surface area contributed by atoms with Gasteiger partial charge in [-0.2, -0.15) is 4.98 Å². The first-order valence-electron chi connectivity index (χ1n) is 9.36. The van der Waals surface area contributed by atoms with Crippen molar-refractivity contribution >= 4 is 17.5 Å². The normalized spacial score (nSPS) is 14.1. The third kappa shape index (κ3) is 3.62. The Labute approximate surface area is 153 Å². The summed E-state index contributed by atoms with van der Waals surface area (Å²) in [6.07, 6.45) is 4.18. The van der Waals surface area contributed by atoms with Crippen LogP contribution in [-0.4, -0.2) is 20.5 Å². The highest BCUT2D eigenvalue weighted by atomic mass is 16.2. The van der Waals surface area contributed by atoms with Crippen LogP contribution >= 0.6 is 0 Å². The van der Waals surface area contributed by atoms with Crippen LogP contribution in [0, 0.1) is 11.8 Å². The Kier molecular flexibility index (Phi) is 4.45. The minimum Gasteiger partial charge on any atom is -0.293 e. The minimum atomic E-state index is 0.0261. The van der Waals surface area contributed by atoms with Crippen molar-refractivity contribution in [2.24, 2.45) is 11.8 Å². The van der Waals surface area contributed by atoms with E-state index in [4.69, 9.17) is 0 Å². The lowest BCUT2D eigenvalue weighted by Gasteiger charge is -2.08. The second-order valence-electron chi connectivity index (χ2n) is 7.51. The molecule has 1 saturated carbocycles. The fourth-order valence-corrected chi connectivity index (χ4v) is 3.08. The molecule has 1 aliphatic rings. The summed E-state index contributed by atoms with van der Waals surface area (Å²) in [5.74, 6) is 1.23. The van der Waals surface area contributed by atoms with Crippen LogP contribution < -0.4 is 5.32 Å². The van der Waals surface area contributed by atoms with Gasteiger partial charge >= 0.3 is 0 Å². The van der Waals surface area contributed by atoms with Gasteiger partial charge in [-0.25, -0.2) is 4.52 Å². The number of fused-ring (bicyclic) bond motifs is 1. The number of aryl methyl sites for hydroxylation is 1. The van der Waals surface area contributed by atoms with Crippen LogP contribution in [0.15, 0.2) is 42.5 Å². The molecule has 0 bridgehead atoms. The molecule has 1 aliphatic carbocycles. The molecule has 1 N–H and O–H groups in total. The van der Waals surface area contributed by atoms with E-state index in [9.17, 15) is 4.79 Å². The van der Waals surface area contributed by atoms with Gasteiger partial charge in [-0.1, -0.05) is 38.1 Å². The first kappa shape index (κ1) is 16.8. The van der Waals surface area contributed by atoms with Gasteiger partial charge in [-0.05, 0) is 55.4 Å². The molecule has 2 aromatic heterocycles. The number of nitrogens with one attached hydrogen (secondary N) is 1. The third-order valence-corrected chi connectivity index (χ3v) is 4.78. The lowest BCUT2D eigenvalue weighted by molar-refractivity contribution is -0.117. The Balaban J connectivity index is 1.64. The molecule has 0 spiro atoms. The van der Waals surface area contributed by atoms with Crippen LogP contribution in [0.3, 0.4) is 0 Å². The predicted octanol–water partition coefficient (Wildman–Crippen LogP) is 4.33. The van der Waals surface area contributed by atoms with E-state index in [-0.39, 0.29) is 11.8 Å². The summed E-state index contributed by atoms with van der Waals surface area (Å²) in [4.78, 5) is 16.4. The summed E-state index contributed by atoms with van der Waals surface area (Å²) in [5.41, 5.74) is 4.16. The molecule has 26 heavy (non-hydrogen) atoms. The van der Waals surface area contributed by atoms with Crippen LogP contribution in [0.2, 0.25) is 0 Å². The fourth-order valence-electron chi connectivity index (χ4n) is 3.08. The number of carbonyl (C=O) groups is 1. The second kappa shape index (κ2) is 6.90. The molecule has 0 aliphatic heterocycles. The maximum absolute atomic E-state index is 12.0. The summed E-state index contributed by atoms with van der Waals surface area (Å²) in [5, 5.41) is 7.35. The average Bonchev–Trinajstić information content (AvgIpc) is 3.40. The molecule has 0 atom stereocenters. The number of hydrogen-bond donors (Lipinski definition) is 1. The molecule has 5 nitrogen and oxygen atoms in total. The summed E-state index contributed by atoms with van der Waals surface area (Å²) in [7, 11) is 0. The van der Waals surface area contributed by atoms with Crippen molar-refractivity contribution < 1.29 is 4.79 Å². The molecule has 0 radical (unpaired) electrons. The first-order chi connectivity index (χ1) is 12.6. The molecule has 134 valence electrons. The Bertz CT molecular complexity index is 940. The van der Waals surface area contributed by atoms with Crippen molar-refractivity contribution in [3.63, 3.8) is 0 Å². The van der Waals surface area contributed by atoms with E-state index in [0.29, 0.717) is 11.9 Å². The predicted molar refractivity (Wildman–Crippen MR) is 103 cm³/mol. The van der Waals surface area contributed by atoms with Crippen molar-refractivity contribution in [2.75, 3.05) is 5.32 Å². The molecule has 0 saturated heterocycles. The van der Waals surface area contributed by atoms with E-state index in [1.54, 1.807) is 0 Å². The molecule has 3 aromatic rings. The standard InChI is InChI=1S/C21H24N4O/c1-14(2)9-10-15-5-3-6-17(13-15)18-7-4-8-19-22-21(24-25(18)19)23-20(26)16-11-12-16/h3-8,13-14,16H,9-12H2,1-2H3,(H,23,24,26). The largest absolute Gasteiger partial charge is 0.293 e. The monoisotopic (exact) mass is 348 g/mol. The van der Waals surface area contributed by atoms with E-state index < -0.39 is 0 Å². The van der Waals surface area contributed by atoms with Crippen molar-refractivity contribution in [1.29, 1.82) is 0 Å². The van der Waals surface area contributed by atoms with Crippen molar-refractivity contribution in [1.82, 2.24) is 14.6 Å². The fraction of sp³-hybridized carbons (Fsp3) is 0.381. The SMILES string of the molecule is CC(C)CCc1cccc(-c2cccc3nc(NC(=O)C4CC4)nn23)c1. The lowest BCUT2D eigenvalue weighted by Crippen LogP contribution is -2.14. The number of aromatic nitrogens is 3. The van der Waals surface area contributed by atoms with Crippen molar-refractivity contribution in [3.8, 4) is 11.3 Å². The van der Waals surface area contributed by atoms with Gasteiger partial charge in [0.05, 0.1) is 5.69 Å². The molecular formula is C21H24N4O. The minimum absolute atomic E-state index is 0.0261. The number of hydrogen-bond acceptors (Lipinski definition) is 3. The van der Waals surface area contributed by atoms with Gasteiger partial charge in [0.25, 0.3) is 0 Å². The molecule has 1 fully saturated rings. The van der Waals surface area contributed by atoms with Gasteiger partial charge in [-0.3, -0.25) is 10.1 Å². The Morgan fingerprint density at radius 2 is 2.04 bits per heavy atom. The zero-order valence-corrected chi connectivity index (χ0v) is 15.3. The molecule has 5 heteroatoms. The van der Waals surface area contributed by atoms with Gasteiger partial charge in [0.2, 0.25) is 11.9 Å². The Hall–Kier alpha value is -2.69. The van der Waals surface area contributed by atoms with Crippen LogP contribution in [0.4, 0.5) is 5.95 Å². The lowest BCUT2D eigenvalue weighted by atomic mass is 10.00. The maximum atomic E-state index is 12.0. The Morgan fingerprint density at radius 3 is 2.81 bits per heavy atom. The van der Waals surface area contributed by atoms with Crippen LogP contribution in [0.25, 0.3) is 16.9 Å². The zero-order valence-electron chi connectivity index (χ0n) is 15.3. The van der Waals surface area contributed by atoms with Crippen LogP contribution in [0.1, 0.15) is 38.7 Å². The second-order valence-corrected chi connectivity index (χ2v) is 7.51. The maximum Gasteiger partial charge on any atom is 0.249 e. The van der Waals surface area contributed by atoms with Gasteiger partial charge in [-0.15, -0.1) is 5.10 Å². The molecule has 1 aromatic carbocycles. The smallest absolute Gasteiger partial charge is 0.249 e. The number of anilines is 1. The first-order valence-corrected chi connectivity index (χ1v) is 9.36. The van der Waals surface area contributed by atoms with Crippen molar-refractivity contribution in [3.05, 3.63) is 48.0 Å². The van der Waals surface area contributed by atoms with Gasteiger partial charge in [0, 0.05) is 11.5 Å². The molecular weight excluding hydrogens is 324 g/mol. The average molecular weight is 348 g/mol. The summed E-state index contributed by atoms with van der Waals surface area (Å²) in [6.45, 7) is 4.49. The highest BCUT2D eigenvalue weighted by Crippen LogP contribution is 2.30.